The van der Waals surface area contributed by atoms with Crippen LogP contribution >= 0.6 is 0 Å². The van der Waals surface area contributed by atoms with Crippen molar-refractivity contribution in [2.45, 2.75) is 57.8 Å². The number of hydrogen-bond donors (Lipinski definition) is 0. The zero-order chi connectivity index (χ0) is 46.4. The van der Waals surface area contributed by atoms with Gasteiger partial charge in [0.15, 0.2) is 0 Å². The van der Waals surface area contributed by atoms with E-state index in [2.05, 4.69) is 271 Å². The summed E-state index contributed by atoms with van der Waals surface area (Å²) in [6.07, 6.45) is 0. The van der Waals surface area contributed by atoms with Gasteiger partial charge >= 0.3 is 0 Å². The van der Waals surface area contributed by atoms with Crippen LogP contribution in [0, 0.1) is 0 Å². The van der Waals surface area contributed by atoms with Crippen molar-refractivity contribution in [3.05, 3.63) is 258 Å². The zero-order valence-electron chi connectivity index (χ0n) is 39.8. The van der Waals surface area contributed by atoms with Gasteiger partial charge in [0, 0.05) is 17.1 Å². The molecule has 0 bridgehead atoms. The SMILES string of the molecule is CC(C)(C)c1ccc2c(c1)C1(c3ccc(-c4cccc5ccccc45)cc3-c3ccc(N(c4ccc(-c5ccccc5)cc4)c4cccc(-c5ccccc5)c4)cc31)c1cc(C(C)(C)C)ccc1-2. The Labute approximate surface area is 402 Å². The van der Waals surface area contributed by atoms with E-state index in [4.69, 9.17) is 0 Å². The van der Waals surface area contributed by atoms with E-state index < -0.39 is 5.41 Å². The van der Waals surface area contributed by atoms with Gasteiger partial charge in [0.2, 0.25) is 0 Å². The molecule has 0 aromatic heterocycles. The number of hydrogen-bond acceptors (Lipinski definition) is 1. The molecule has 0 amide bonds. The fourth-order valence-electron chi connectivity index (χ4n) is 11.3. The smallest absolute Gasteiger partial charge is 0.0726 e. The molecule has 0 fully saturated rings. The van der Waals surface area contributed by atoms with Gasteiger partial charge in [-0.1, -0.05) is 224 Å². The molecule has 10 aromatic rings. The number of fused-ring (bicyclic) bond motifs is 11. The number of rotatable bonds is 6. The highest BCUT2D eigenvalue weighted by Gasteiger charge is 2.52. The van der Waals surface area contributed by atoms with Crippen molar-refractivity contribution in [3.8, 4) is 55.6 Å². The molecular formula is C67H55N. The second-order valence-corrected chi connectivity index (χ2v) is 21.0. The number of anilines is 3. The van der Waals surface area contributed by atoms with E-state index >= 15 is 0 Å². The molecule has 328 valence electrons. The largest absolute Gasteiger partial charge is 0.310 e. The van der Waals surface area contributed by atoms with Crippen LogP contribution in [0.15, 0.2) is 224 Å². The van der Waals surface area contributed by atoms with Gasteiger partial charge in [-0.15, -0.1) is 0 Å². The minimum absolute atomic E-state index is 0.0433. The average Bonchev–Trinajstić information content (AvgIpc) is 3.82. The van der Waals surface area contributed by atoms with Crippen molar-refractivity contribution >= 4 is 27.8 Å². The first kappa shape index (κ1) is 41.7. The molecule has 0 radical (unpaired) electrons. The Bertz CT molecular complexity index is 3500. The van der Waals surface area contributed by atoms with E-state index in [0.717, 1.165) is 17.1 Å². The number of benzene rings is 10. The summed E-state index contributed by atoms with van der Waals surface area (Å²) in [5.74, 6) is 0. The second-order valence-electron chi connectivity index (χ2n) is 21.0. The first-order chi connectivity index (χ1) is 33.0. The molecule has 68 heavy (non-hydrogen) atoms. The maximum absolute atomic E-state index is 2.56. The van der Waals surface area contributed by atoms with E-state index in [1.54, 1.807) is 0 Å². The molecule has 0 aliphatic heterocycles. The van der Waals surface area contributed by atoms with Crippen LogP contribution in [0.3, 0.4) is 0 Å². The Morgan fingerprint density at radius 1 is 0.294 bits per heavy atom. The van der Waals surface area contributed by atoms with Crippen LogP contribution in [0.5, 0.6) is 0 Å². The van der Waals surface area contributed by atoms with Crippen molar-refractivity contribution in [1.29, 1.82) is 0 Å². The van der Waals surface area contributed by atoms with Gasteiger partial charge in [0.1, 0.15) is 0 Å². The zero-order valence-corrected chi connectivity index (χ0v) is 39.8. The van der Waals surface area contributed by atoms with Gasteiger partial charge in [-0.05, 0) is 153 Å². The predicted octanol–water partition coefficient (Wildman–Crippen LogP) is 18.2. The molecule has 1 heteroatoms. The summed E-state index contributed by atoms with van der Waals surface area (Å²) in [5, 5.41) is 2.52. The first-order valence-electron chi connectivity index (χ1n) is 24.2. The van der Waals surface area contributed by atoms with Gasteiger partial charge in [0.05, 0.1) is 5.41 Å². The standard InChI is InChI=1S/C67H55N/c1-65(2,3)50-30-35-57-58-36-31-51(66(4,5)6)42-63(58)67(62(57)41-50)61-38-29-49(56-26-16-22-47-21-13-14-25-55(47)56)40-60(61)59-37-34-54(43-64(59)67)68(52-32-27-46(28-33-52)44-17-9-7-10-18-44)53-24-15-23-48(39-53)45-19-11-8-12-20-45/h7-43H,1-6H3. The van der Waals surface area contributed by atoms with Crippen LogP contribution in [-0.2, 0) is 16.2 Å². The average molecular weight is 874 g/mol. The fourth-order valence-corrected chi connectivity index (χ4v) is 11.3. The van der Waals surface area contributed by atoms with Crippen molar-refractivity contribution in [3.63, 3.8) is 0 Å². The lowest BCUT2D eigenvalue weighted by Gasteiger charge is -2.34. The van der Waals surface area contributed by atoms with E-state index in [9.17, 15) is 0 Å². The Kier molecular flexibility index (Phi) is 9.61. The van der Waals surface area contributed by atoms with E-state index in [0.29, 0.717) is 0 Å². The highest BCUT2D eigenvalue weighted by atomic mass is 15.1. The molecule has 10 aromatic carbocycles. The molecule has 0 unspecified atom stereocenters. The molecule has 1 spiro atoms. The normalized spacial score (nSPS) is 13.3. The summed E-state index contributed by atoms with van der Waals surface area (Å²) in [4.78, 5) is 2.47. The molecule has 0 saturated heterocycles. The fraction of sp³-hybridized carbons (Fsp3) is 0.134. The van der Waals surface area contributed by atoms with Gasteiger partial charge < -0.3 is 4.90 Å². The third-order valence-corrected chi connectivity index (χ3v) is 14.8. The molecule has 2 aliphatic rings. The van der Waals surface area contributed by atoms with Crippen LogP contribution < -0.4 is 4.90 Å². The van der Waals surface area contributed by atoms with E-state index in [1.165, 1.54) is 99.8 Å². The van der Waals surface area contributed by atoms with Crippen LogP contribution in [0.2, 0.25) is 0 Å². The van der Waals surface area contributed by atoms with Crippen LogP contribution in [0.1, 0.15) is 74.9 Å². The Balaban J connectivity index is 1.15. The third-order valence-electron chi connectivity index (χ3n) is 14.8. The molecule has 12 rings (SSSR count). The predicted molar refractivity (Wildman–Crippen MR) is 289 cm³/mol. The minimum atomic E-state index is -0.570. The topological polar surface area (TPSA) is 3.24 Å². The molecule has 0 atom stereocenters. The van der Waals surface area contributed by atoms with Gasteiger partial charge in [-0.2, -0.15) is 0 Å². The Morgan fingerprint density at radius 2 is 0.779 bits per heavy atom. The van der Waals surface area contributed by atoms with Crippen molar-refractivity contribution in [2.75, 3.05) is 4.90 Å². The maximum Gasteiger partial charge on any atom is 0.0726 e. The van der Waals surface area contributed by atoms with Gasteiger partial charge in [0.25, 0.3) is 0 Å². The summed E-state index contributed by atoms with van der Waals surface area (Å²) >= 11 is 0. The van der Waals surface area contributed by atoms with Crippen LogP contribution in [0.25, 0.3) is 66.4 Å². The van der Waals surface area contributed by atoms with E-state index in [-0.39, 0.29) is 10.8 Å². The number of nitrogens with zero attached hydrogens (tertiary/aromatic N) is 1. The first-order valence-corrected chi connectivity index (χ1v) is 24.2. The monoisotopic (exact) mass is 873 g/mol. The highest BCUT2D eigenvalue weighted by Crippen LogP contribution is 2.64. The van der Waals surface area contributed by atoms with Crippen LogP contribution in [-0.4, -0.2) is 0 Å². The summed E-state index contributed by atoms with van der Waals surface area (Å²) in [6.45, 7) is 14.1. The van der Waals surface area contributed by atoms with Crippen LogP contribution in [0.4, 0.5) is 17.1 Å². The molecular weight excluding hydrogens is 819 g/mol. The highest BCUT2D eigenvalue weighted by molar-refractivity contribution is 6.01. The van der Waals surface area contributed by atoms with Crippen molar-refractivity contribution in [2.24, 2.45) is 0 Å². The van der Waals surface area contributed by atoms with E-state index in [1.807, 2.05) is 0 Å². The summed E-state index contributed by atoms with van der Waals surface area (Å²) < 4.78 is 0. The molecule has 0 N–H and O–H groups in total. The molecule has 2 aliphatic carbocycles. The summed E-state index contributed by atoms with van der Waals surface area (Å²) in [7, 11) is 0. The van der Waals surface area contributed by atoms with Gasteiger partial charge in [-0.3, -0.25) is 0 Å². The molecule has 0 saturated carbocycles. The third kappa shape index (κ3) is 6.67. The summed E-state index contributed by atoms with van der Waals surface area (Å²) in [5.41, 5.74) is 23.3. The lowest BCUT2D eigenvalue weighted by molar-refractivity contribution is 0.586. The lowest BCUT2D eigenvalue weighted by Crippen LogP contribution is -2.27. The second kappa shape index (κ2) is 15.7. The maximum atomic E-state index is 2.56. The minimum Gasteiger partial charge on any atom is -0.310 e. The lowest BCUT2D eigenvalue weighted by atomic mass is 9.68. The van der Waals surface area contributed by atoms with Crippen molar-refractivity contribution in [1.82, 2.24) is 0 Å². The van der Waals surface area contributed by atoms with Crippen molar-refractivity contribution < 1.29 is 0 Å². The quantitative estimate of drug-likeness (QED) is 0.161. The Morgan fingerprint density at radius 3 is 1.44 bits per heavy atom. The molecule has 1 nitrogen and oxygen atoms in total. The van der Waals surface area contributed by atoms with Gasteiger partial charge in [-0.25, -0.2) is 0 Å². The summed E-state index contributed by atoms with van der Waals surface area (Å²) in [6, 6.07) is 84.4. The molecule has 0 heterocycles. The Hall–Kier alpha value is -7.74.